The van der Waals surface area contributed by atoms with E-state index in [4.69, 9.17) is 46.4 Å². The maximum absolute atomic E-state index is 13.5. The molecule has 4 rings (SSSR count). The van der Waals surface area contributed by atoms with Gasteiger partial charge in [0, 0.05) is 11.3 Å². The van der Waals surface area contributed by atoms with E-state index in [9.17, 15) is 19.1 Å². The Hall–Kier alpha value is -2.57. The highest BCUT2D eigenvalue weighted by atomic mass is 35.5. The summed E-state index contributed by atoms with van der Waals surface area (Å²) in [5.41, 5.74) is 0.694. The third kappa shape index (κ3) is 3.97. The first-order valence-electron chi connectivity index (χ1n) is 9.16. The number of halogens is 5. The Morgan fingerprint density at radius 2 is 1.41 bits per heavy atom. The molecule has 1 heterocycles. The first-order valence-corrected chi connectivity index (χ1v) is 10.7. The minimum atomic E-state index is -1.05. The molecule has 0 saturated carbocycles. The predicted molar refractivity (Wildman–Crippen MR) is 124 cm³/mol. The van der Waals surface area contributed by atoms with E-state index in [0.717, 1.165) is 0 Å². The SMILES string of the molecule is O=C1C(=O)N(c2ccc(F)cc2)C(c2ccc(Cl)c(Cl)c2)/C1=C(/O)c1ccc(Cl)c(Cl)c1. The van der Waals surface area contributed by atoms with Crippen LogP contribution < -0.4 is 4.90 Å². The molecule has 3 aromatic rings. The van der Waals surface area contributed by atoms with Gasteiger partial charge in [-0.15, -0.1) is 0 Å². The highest BCUT2D eigenvalue weighted by molar-refractivity contribution is 6.52. The van der Waals surface area contributed by atoms with Crippen molar-refractivity contribution in [3.05, 3.63) is 103 Å². The molecule has 1 N–H and O–H groups in total. The van der Waals surface area contributed by atoms with E-state index in [0.29, 0.717) is 5.56 Å². The van der Waals surface area contributed by atoms with Gasteiger partial charge in [0.25, 0.3) is 11.7 Å². The van der Waals surface area contributed by atoms with Crippen molar-refractivity contribution in [1.82, 2.24) is 0 Å². The van der Waals surface area contributed by atoms with Gasteiger partial charge in [0.05, 0.1) is 31.7 Å². The molecule has 0 aromatic heterocycles. The van der Waals surface area contributed by atoms with Crippen molar-refractivity contribution in [2.24, 2.45) is 0 Å². The van der Waals surface area contributed by atoms with E-state index >= 15 is 0 Å². The second-order valence-corrected chi connectivity index (χ2v) is 8.58. The van der Waals surface area contributed by atoms with E-state index in [1.54, 1.807) is 6.07 Å². The summed E-state index contributed by atoms with van der Waals surface area (Å²) in [6, 6.07) is 12.9. The molecule has 4 nitrogen and oxygen atoms in total. The quantitative estimate of drug-likeness (QED) is 0.233. The van der Waals surface area contributed by atoms with Crippen LogP contribution >= 0.6 is 46.4 Å². The zero-order valence-corrected chi connectivity index (χ0v) is 19.0. The number of aliphatic hydroxyl groups is 1. The molecule has 162 valence electrons. The maximum Gasteiger partial charge on any atom is 0.300 e. The van der Waals surface area contributed by atoms with Crippen LogP contribution in [-0.2, 0) is 9.59 Å². The van der Waals surface area contributed by atoms with E-state index in [2.05, 4.69) is 0 Å². The van der Waals surface area contributed by atoms with E-state index in [1.807, 2.05) is 0 Å². The smallest absolute Gasteiger partial charge is 0.300 e. The van der Waals surface area contributed by atoms with E-state index < -0.39 is 29.3 Å². The molecular weight excluding hydrogens is 499 g/mol. The molecule has 1 saturated heterocycles. The van der Waals surface area contributed by atoms with Gasteiger partial charge in [-0.25, -0.2) is 4.39 Å². The Labute approximate surface area is 202 Å². The fourth-order valence-electron chi connectivity index (χ4n) is 3.50. The standard InChI is InChI=1S/C23H12Cl4FNO3/c24-15-7-1-11(9-17(15)26)20-19(21(30)12-2-8-16(25)18(27)10-12)22(31)23(32)29(20)14-5-3-13(28)4-6-14/h1-10,20,30H/b21-19-. The van der Waals surface area contributed by atoms with Crippen molar-refractivity contribution in [3.8, 4) is 0 Å². The van der Waals surface area contributed by atoms with Gasteiger partial charge in [-0.1, -0.05) is 52.5 Å². The zero-order chi connectivity index (χ0) is 23.2. The van der Waals surface area contributed by atoms with E-state index in [-0.39, 0.29) is 36.9 Å². The number of rotatable bonds is 3. The molecule has 1 unspecified atom stereocenters. The molecule has 0 radical (unpaired) electrons. The Kier molecular flexibility index (Phi) is 6.19. The van der Waals surface area contributed by atoms with Crippen molar-refractivity contribution in [3.63, 3.8) is 0 Å². The van der Waals surface area contributed by atoms with Crippen LogP contribution in [-0.4, -0.2) is 16.8 Å². The monoisotopic (exact) mass is 509 g/mol. The number of amides is 1. The van der Waals surface area contributed by atoms with Gasteiger partial charge in [0.1, 0.15) is 11.6 Å². The number of hydrogen-bond acceptors (Lipinski definition) is 3. The van der Waals surface area contributed by atoms with Crippen LogP contribution in [0.25, 0.3) is 5.76 Å². The number of aliphatic hydroxyl groups excluding tert-OH is 1. The molecule has 1 atom stereocenters. The number of anilines is 1. The number of Topliss-reactive ketones (excluding diaryl/α,β-unsaturated/α-hetero) is 1. The molecule has 0 aliphatic carbocycles. The largest absolute Gasteiger partial charge is 0.507 e. The summed E-state index contributed by atoms with van der Waals surface area (Å²) in [5.74, 6) is -2.77. The maximum atomic E-state index is 13.5. The lowest BCUT2D eigenvalue weighted by Crippen LogP contribution is -2.29. The number of benzene rings is 3. The van der Waals surface area contributed by atoms with Crippen LogP contribution in [0.2, 0.25) is 20.1 Å². The van der Waals surface area contributed by atoms with Crippen molar-refractivity contribution in [2.75, 3.05) is 4.90 Å². The summed E-state index contributed by atoms with van der Waals surface area (Å²) < 4.78 is 13.5. The minimum absolute atomic E-state index is 0.162. The Morgan fingerprint density at radius 1 is 0.812 bits per heavy atom. The van der Waals surface area contributed by atoms with Gasteiger partial charge >= 0.3 is 0 Å². The lowest BCUT2D eigenvalue weighted by atomic mass is 9.95. The highest BCUT2D eigenvalue weighted by Crippen LogP contribution is 2.43. The van der Waals surface area contributed by atoms with Crippen LogP contribution in [0.4, 0.5) is 10.1 Å². The summed E-state index contributed by atoms with van der Waals surface area (Å²) in [7, 11) is 0. The summed E-state index contributed by atoms with van der Waals surface area (Å²) >= 11 is 24.2. The van der Waals surface area contributed by atoms with Crippen LogP contribution in [0, 0.1) is 5.82 Å². The van der Waals surface area contributed by atoms with Gasteiger partial charge in [0.15, 0.2) is 0 Å². The average Bonchev–Trinajstić information content (AvgIpc) is 3.03. The first-order chi connectivity index (χ1) is 15.2. The summed E-state index contributed by atoms with van der Waals surface area (Å²) in [5, 5.41) is 11.9. The third-order valence-electron chi connectivity index (χ3n) is 5.00. The van der Waals surface area contributed by atoms with Crippen molar-refractivity contribution in [1.29, 1.82) is 0 Å². The van der Waals surface area contributed by atoms with Crippen LogP contribution in [0.5, 0.6) is 0 Å². The number of ketones is 1. The molecular formula is C23H12Cl4FNO3. The van der Waals surface area contributed by atoms with Crippen molar-refractivity contribution < 1.29 is 19.1 Å². The normalized spacial score (nSPS) is 17.8. The fourth-order valence-corrected chi connectivity index (χ4v) is 4.10. The average molecular weight is 511 g/mol. The van der Waals surface area contributed by atoms with Crippen LogP contribution in [0.15, 0.2) is 66.2 Å². The number of carbonyl (C=O) groups excluding carboxylic acids is 2. The predicted octanol–water partition coefficient (Wildman–Crippen LogP) is 7.07. The topological polar surface area (TPSA) is 57.6 Å². The molecule has 32 heavy (non-hydrogen) atoms. The fraction of sp³-hybridized carbons (Fsp3) is 0.0435. The molecule has 3 aromatic carbocycles. The van der Waals surface area contributed by atoms with Crippen LogP contribution in [0.1, 0.15) is 17.2 Å². The van der Waals surface area contributed by atoms with Crippen LogP contribution in [0.3, 0.4) is 0 Å². The van der Waals surface area contributed by atoms with Gasteiger partial charge in [-0.05, 0) is 60.2 Å². The van der Waals surface area contributed by atoms with Gasteiger partial charge < -0.3 is 5.11 Å². The number of nitrogens with zero attached hydrogens (tertiary/aromatic N) is 1. The molecule has 1 aliphatic rings. The molecule has 1 amide bonds. The number of hydrogen-bond donors (Lipinski definition) is 1. The second-order valence-electron chi connectivity index (χ2n) is 6.95. The Balaban J connectivity index is 1.97. The lowest BCUT2D eigenvalue weighted by Gasteiger charge is -2.25. The summed E-state index contributed by atoms with van der Waals surface area (Å²) in [6.07, 6.45) is 0. The lowest BCUT2D eigenvalue weighted by molar-refractivity contribution is -0.132. The van der Waals surface area contributed by atoms with Gasteiger partial charge in [-0.2, -0.15) is 0 Å². The van der Waals surface area contributed by atoms with Crippen molar-refractivity contribution >= 4 is 69.5 Å². The third-order valence-corrected chi connectivity index (χ3v) is 6.48. The first kappa shape index (κ1) is 22.6. The summed E-state index contributed by atoms with van der Waals surface area (Å²) in [6.45, 7) is 0. The Bertz CT molecular complexity index is 1290. The molecule has 1 fully saturated rings. The summed E-state index contributed by atoms with van der Waals surface area (Å²) in [4.78, 5) is 27.3. The second kappa shape index (κ2) is 8.75. The van der Waals surface area contributed by atoms with Gasteiger partial charge in [-0.3, -0.25) is 14.5 Å². The minimum Gasteiger partial charge on any atom is -0.507 e. The zero-order valence-electron chi connectivity index (χ0n) is 16.0. The molecule has 0 spiro atoms. The molecule has 1 aliphatic heterocycles. The number of carbonyl (C=O) groups is 2. The van der Waals surface area contributed by atoms with Crippen molar-refractivity contribution in [2.45, 2.75) is 6.04 Å². The molecule has 9 heteroatoms. The van der Waals surface area contributed by atoms with Gasteiger partial charge in [0.2, 0.25) is 0 Å². The molecule has 0 bridgehead atoms. The highest BCUT2D eigenvalue weighted by Gasteiger charge is 2.47. The van der Waals surface area contributed by atoms with E-state index in [1.165, 1.54) is 59.5 Å². The Morgan fingerprint density at radius 3 is 2.00 bits per heavy atom.